The second-order valence-corrected chi connectivity index (χ2v) is 6.61. The van der Waals surface area contributed by atoms with Crippen molar-refractivity contribution >= 4 is 40.1 Å². The molecule has 27 heavy (non-hydrogen) atoms. The number of amides is 1. The minimum atomic E-state index is -0.598. The lowest BCUT2D eigenvalue weighted by Gasteiger charge is -2.15. The quantitative estimate of drug-likeness (QED) is 0.481. The first-order valence-corrected chi connectivity index (χ1v) is 8.75. The molecular formula is C18H16Cl2N2O5. The number of pyridine rings is 1. The molecule has 2 aromatic heterocycles. The number of aliphatic hydroxyl groups is 1. The number of nitrogens with zero attached hydrogens (tertiary/aromatic N) is 1. The van der Waals surface area contributed by atoms with Crippen LogP contribution in [0.5, 0.6) is 0 Å². The highest BCUT2D eigenvalue weighted by Crippen LogP contribution is 2.27. The second-order valence-electron chi connectivity index (χ2n) is 5.77. The van der Waals surface area contributed by atoms with Gasteiger partial charge in [-0.05, 0) is 23.8 Å². The Bertz CT molecular complexity index is 1060. The minimum Gasteiger partial charge on any atom is -0.463 e. The number of benzene rings is 1. The molecule has 0 saturated carbocycles. The van der Waals surface area contributed by atoms with Gasteiger partial charge in [-0.2, -0.15) is 0 Å². The van der Waals surface area contributed by atoms with E-state index in [-0.39, 0.29) is 41.7 Å². The van der Waals surface area contributed by atoms with Crippen molar-refractivity contribution in [2.75, 3.05) is 13.2 Å². The average Bonchev–Trinajstić information content (AvgIpc) is 3.11. The highest BCUT2D eigenvalue weighted by Gasteiger charge is 2.24. The molecule has 0 bridgehead atoms. The zero-order valence-corrected chi connectivity index (χ0v) is 15.8. The molecule has 142 valence electrons. The molecule has 0 aliphatic rings. The van der Waals surface area contributed by atoms with Crippen LogP contribution in [0.15, 0.2) is 39.7 Å². The van der Waals surface area contributed by atoms with Crippen LogP contribution in [0.3, 0.4) is 0 Å². The molecule has 0 radical (unpaired) electrons. The van der Waals surface area contributed by atoms with E-state index in [1.165, 1.54) is 16.9 Å². The summed E-state index contributed by atoms with van der Waals surface area (Å²) in [6.07, 6.45) is 1.54. The molecular weight excluding hydrogens is 395 g/mol. The van der Waals surface area contributed by atoms with Gasteiger partial charge in [0.1, 0.15) is 5.56 Å². The van der Waals surface area contributed by atoms with Crippen molar-refractivity contribution in [1.29, 1.82) is 0 Å². The van der Waals surface area contributed by atoms with E-state index in [2.05, 4.69) is 5.48 Å². The predicted octanol–water partition coefficient (Wildman–Crippen LogP) is 2.68. The van der Waals surface area contributed by atoms with Crippen molar-refractivity contribution in [1.82, 2.24) is 10.0 Å². The van der Waals surface area contributed by atoms with Gasteiger partial charge in [-0.25, -0.2) is 5.48 Å². The maximum Gasteiger partial charge on any atom is 0.280 e. The molecule has 0 saturated heterocycles. The van der Waals surface area contributed by atoms with Gasteiger partial charge in [0, 0.05) is 29.2 Å². The SMILES string of the molecule is Cn1c(Cc2ccc(Cl)cc2Cl)c(C(=O)NOCCO)c2occc2c1=O. The highest BCUT2D eigenvalue weighted by atomic mass is 35.5. The summed E-state index contributed by atoms with van der Waals surface area (Å²) in [5.41, 5.74) is 3.35. The fourth-order valence-electron chi connectivity index (χ4n) is 2.77. The van der Waals surface area contributed by atoms with Crippen LogP contribution < -0.4 is 11.0 Å². The van der Waals surface area contributed by atoms with Gasteiger partial charge < -0.3 is 14.1 Å². The van der Waals surface area contributed by atoms with E-state index in [4.69, 9.17) is 37.6 Å². The van der Waals surface area contributed by atoms with Crippen LogP contribution >= 0.6 is 23.2 Å². The van der Waals surface area contributed by atoms with Gasteiger partial charge in [-0.3, -0.25) is 14.4 Å². The van der Waals surface area contributed by atoms with Gasteiger partial charge >= 0.3 is 0 Å². The topological polar surface area (TPSA) is 93.7 Å². The summed E-state index contributed by atoms with van der Waals surface area (Å²) < 4.78 is 6.79. The van der Waals surface area contributed by atoms with E-state index < -0.39 is 5.91 Å². The molecule has 0 unspecified atom stereocenters. The Kier molecular flexibility index (Phi) is 5.86. The van der Waals surface area contributed by atoms with Crippen LogP contribution in [0.1, 0.15) is 21.6 Å². The molecule has 0 atom stereocenters. The van der Waals surface area contributed by atoms with E-state index in [9.17, 15) is 9.59 Å². The van der Waals surface area contributed by atoms with Gasteiger partial charge in [0.15, 0.2) is 5.58 Å². The summed E-state index contributed by atoms with van der Waals surface area (Å²) in [5.74, 6) is -0.598. The third-order valence-corrected chi connectivity index (χ3v) is 4.67. The molecule has 1 amide bonds. The monoisotopic (exact) mass is 410 g/mol. The van der Waals surface area contributed by atoms with Crippen molar-refractivity contribution < 1.29 is 19.2 Å². The molecule has 0 fully saturated rings. The van der Waals surface area contributed by atoms with Crippen LogP contribution in [0, 0.1) is 0 Å². The van der Waals surface area contributed by atoms with E-state index in [1.54, 1.807) is 25.2 Å². The van der Waals surface area contributed by atoms with Crippen LogP contribution in [-0.4, -0.2) is 28.8 Å². The molecule has 0 spiro atoms. The number of furan rings is 1. The van der Waals surface area contributed by atoms with Gasteiger partial charge in [-0.1, -0.05) is 29.3 Å². The maximum atomic E-state index is 12.7. The predicted molar refractivity (Wildman–Crippen MR) is 101 cm³/mol. The highest BCUT2D eigenvalue weighted by molar-refractivity contribution is 6.35. The maximum absolute atomic E-state index is 12.7. The van der Waals surface area contributed by atoms with Crippen molar-refractivity contribution in [3.63, 3.8) is 0 Å². The average molecular weight is 411 g/mol. The first kappa shape index (κ1) is 19.4. The molecule has 2 N–H and O–H groups in total. The fourth-order valence-corrected chi connectivity index (χ4v) is 3.25. The summed E-state index contributed by atoms with van der Waals surface area (Å²) in [4.78, 5) is 30.2. The largest absolute Gasteiger partial charge is 0.463 e. The summed E-state index contributed by atoms with van der Waals surface area (Å²) in [7, 11) is 1.57. The lowest BCUT2D eigenvalue weighted by molar-refractivity contribution is 0.0167. The van der Waals surface area contributed by atoms with E-state index in [1.807, 2.05) is 0 Å². The summed E-state index contributed by atoms with van der Waals surface area (Å²) >= 11 is 12.2. The van der Waals surface area contributed by atoms with E-state index >= 15 is 0 Å². The van der Waals surface area contributed by atoms with Crippen LogP contribution in [0.25, 0.3) is 11.0 Å². The lowest BCUT2D eigenvalue weighted by Crippen LogP contribution is -2.30. The standard InChI is InChI=1S/C18H16Cl2N2O5/c1-22-14(8-10-2-3-11(19)9-13(10)20)15(17(24)21-27-7-5-23)16-12(18(22)25)4-6-26-16/h2-4,6,9,23H,5,7-8H2,1H3,(H,21,24). The normalized spacial score (nSPS) is 11.1. The van der Waals surface area contributed by atoms with Gasteiger partial charge in [-0.15, -0.1) is 0 Å². The number of fused-ring (bicyclic) bond motifs is 1. The number of aliphatic hydroxyl groups excluding tert-OH is 1. The van der Waals surface area contributed by atoms with Gasteiger partial charge in [0.05, 0.1) is 24.9 Å². The number of carbonyl (C=O) groups is 1. The van der Waals surface area contributed by atoms with Crippen LogP contribution in [-0.2, 0) is 18.3 Å². The third kappa shape index (κ3) is 3.86. The molecule has 3 aromatic rings. The Morgan fingerprint density at radius 1 is 1.33 bits per heavy atom. The Balaban J connectivity index is 2.14. The Morgan fingerprint density at radius 3 is 2.81 bits per heavy atom. The van der Waals surface area contributed by atoms with Crippen molar-refractivity contribution in [2.24, 2.45) is 7.05 Å². The molecule has 1 aromatic carbocycles. The number of halogens is 2. The van der Waals surface area contributed by atoms with E-state index in [0.717, 1.165) is 0 Å². The first-order chi connectivity index (χ1) is 12.9. The zero-order chi connectivity index (χ0) is 19.6. The van der Waals surface area contributed by atoms with Crippen LogP contribution in [0.2, 0.25) is 10.0 Å². The molecule has 9 heteroatoms. The summed E-state index contributed by atoms with van der Waals surface area (Å²) in [5, 5.41) is 9.97. The Labute approximate surface area is 164 Å². The van der Waals surface area contributed by atoms with Crippen LogP contribution in [0.4, 0.5) is 0 Å². The summed E-state index contributed by atoms with van der Waals surface area (Å²) in [6, 6.07) is 6.50. The Hall–Kier alpha value is -2.32. The number of carbonyl (C=O) groups excluding carboxylic acids is 1. The number of hydroxylamine groups is 1. The zero-order valence-electron chi connectivity index (χ0n) is 14.3. The number of hydrogen-bond acceptors (Lipinski definition) is 5. The number of nitrogens with one attached hydrogen (secondary N) is 1. The number of hydrogen-bond donors (Lipinski definition) is 2. The number of rotatable bonds is 6. The van der Waals surface area contributed by atoms with E-state index in [0.29, 0.717) is 21.3 Å². The van der Waals surface area contributed by atoms with Gasteiger partial charge in [0.2, 0.25) is 0 Å². The van der Waals surface area contributed by atoms with Crippen molar-refractivity contribution in [3.8, 4) is 0 Å². The van der Waals surface area contributed by atoms with Crippen molar-refractivity contribution in [3.05, 3.63) is 67.7 Å². The lowest BCUT2D eigenvalue weighted by atomic mass is 10.0. The minimum absolute atomic E-state index is 0.0723. The molecule has 0 aliphatic heterocycles. The van der Waals surface area contributed by atoms with Crippen molar-refractivity contribution in [2.45, 2.75) is 6.42 Å². The Morgan fingerprint density at radius 2 is 2.11 bits per heavy atom. The molecule has 7 nitrogen and oxygen atoms in total. The fraction of sp³-hybridized carbons (Fsp3) is 0.222. The first-order valence-electron chi connectivity index (χ1n) is 8.00. The third-order valence-electron chi connectivity index (χ3n) is 4.08. The molecule has 2 heterocycles. The second kappa shape index (κ2) is 8.14. The summed E-state index contributed by atoms with van der Waals surface area (Å²) in [6.45, 7) is -0.325. The smallest absolute Gasteiger partial charge is 0.280 e. The van der Waals surface area contributed by atoms with Gasteiger partial charge in [0.25, 0.3) is 11.5 Å². The molecule has 3 rings (SSSR count). The number of aromatic nitrogens is 1. The molecule has 0 aliphatic carbocycles.